The lowest BCUT2D eigenvalue weighted by molar-refractivity contribution is 0.105. The summed E-state index contributed by atoms with van der Waals surface area (Å²) in [7, 11) is 0. The summed E-state index contributed by atoms with van der Waals surface area (Å²) in [4.78, 5) is 8.69. The van der Waals surface area contributed by atoms with Crippen molar-refractivity contribution in [2.75, 3.05) is 5.32 Å². The predicted molar refractivity (Wildman–Crippen MR) is 75.6 cm³/mol. The predicted octanol–water partition coefficient (Wildman–Crippen LogP) is 3.80. The minimum absolute atomic E-state index is 0.398. The number of hydrogen-bond donors (Lipinski definition) is 1. The molecule has 0 unspecified atom stereocenters. The number of rotatable bonds is 2. The first kappa shape index (κ1) is 13.3. The van der Waals surface area contributed by atoms with E-state index in [0.29, 0.717) is 16.9 Å². The van der Waals surface area contributed by atoms with Crippen molar-refractivity contribution >= 4 is 5.82 Å². The Morgan fingerprint density at radius 2 is 1.61 bits per heavy atom. The number of anilines is 1. The summed E-state index contributed by atoms with van der Waals surface area (Å²) in [6, 6.07) is 0.499. The van der Waals surface area contributed by atoms with Crippen LogP contribution in [0, 0.1) is 17.8 Å². The second-order valence-corrected chi connectivity index (χ2v) is 7.25. The van der Waals surface area contributed by atoms with Crippen molar-refractivity contribution in [1.82, 2.24) is 9.97 Å². The van der Waals surface area contributed by atoms with E-state index in [1.165, 1.54) is 19.3 Å². The SMILES string of the molecule is Cc1nccnc1NC1CC(C)(C)CC(C)(C)C1. The second-order valence-electron chi connectivity index (χ2n) is 7.25. The van der Waals surface area contributed by atoms with Crippen molar-refractivity contribution in [2.24, 2.45) is 10.8 Å². The minimum Gasteiger partial charge on any atom is -0.366 e. The summed E-state index contributed by atoms with van der Waals surface area (Å²) < 4.78 is 0. The first-order valence-electron chi connectivity index (χ1n) is 6.82. The Kier molecular flexibility index (Phi) is 3.35. The number of aromatic nitrogens is 2. The maximum absolute atomic E-state index is 4.39. The van der Waals surface area contributed by atoms with E-state index in [2.05, 4.69) is 43.0 Å². The van der Waals surface area contributed by atoms with Gasteiger partial charge < -0.3 is 5.32 Å². The van der Waals surface area contributed by atoms with Gasteiger partial charge in [-0.05, 0) is 37.0 Å². The summed E-state index contributed by atoms with van der Waals surface area (Å²) in [6.45, 7) is 11.5. The summed E-state index contributed by atoms with van der Waals surface area (Å²) in [5, 5.41) is 3.59. The highest BCUT2D eigenvalue weighted by atomic mass is 15.0. The lowest BCUT2D eigenvalue weighted by Crippen LogP contribution is -2.40. The molecular formula is C15H25N3. The van der Waals surface area contributed by atoms with Crippen LogP contribution in [-0.4, -0.2) is 16.0 Å². The molecule has 0 aromatic carbocycles. The van der Waals surface area contributed by atoms with Crippen LogP contribution in [0.3, 0.4) is 0 Å². The summed E-state index contributed by atoms with van der Waals surface area (Å²) in [5.41, 5.74) is 1.78. The Balaban J connectivity index is 2.12. The van der Waals surface area contributed by atoms with Crippen molar-refractivity contribution in [1.29, 1.82) is 0 Å². The number of nitrogens with zero attached hydrogens (tertiary/aromatic N) is 2. The van der Waals surface area contributed by atoms with Gasteiger partial charge in [-0.25, -0.2) is 4.98 Å². The van der Waals surface area contributed by atoms with E-state index in [1.807, 2.05) is 6.92 Å². The highest BCUT2D eigenvalue weighted by molar-refractivity contribution is 5.39. The van der Waals surface area contributed by atoms with Crippen LogP contribution in [0.2, 0.25) is 0 Å². The topological polar surface area (TPSA) is 37.8 Å². The van der Waals surface area contributed by atoms with Crippen molar-refractivity contribution in [3.8, 4) is 0 Å². The fourth-order valence-electron chi connectivity index (χ4n) is 3.69. The zero-order chi connectivity index (χ0) is 13.4. The Morgan fingerprint density at radius 1 is 1.06 bits per heavy atom. The zero-order valence-electron chi connectivity index (χ0n) is 12.2. The number of hydrogen-bond acceptors (Lipinski definition) is 3. The van der Waals surface area contributed by atoms with Gasteiger partial charge in [0.2, 0.25) is 0 Å². The molecule has 1 fully saturated rings. The van der Waals surface area contributed by atoms with E-state index in [4.69, 9.17) is 0 Å². The third kappa shape index (κ3) is 3.21. The van der Waals surface area contributed by atoms with Crippen LogP contribution >= 0.6 is 0 Å². The molecule has 1 aromatic rings. The van der Waals surface area contributed by atoms with Crippen LogP contribution in [0.5, 0.6) is 0 Å². The molecule has 2 rings (SSSR count). The van der Waals surface area contributed by atoms with E-state index in [-0.39, 0.29) is 0 Å². The molecule has 0 atom stereocenters. The van der Waals surface area contributed by atoms with Gasteiger partial charge in [-0.2, -0.15) is 0 Å². The van der Waals surface area contributed by atoms with Gasteiger partial charge in [0.05, 0.1) is 5.69 Å². The maximum atomic E-state index is 4.39. The molecule has 1 aliphatic rings. The molecule has 1 heterocycles. The van der Waals surface area contributed by atoms with Crippen LogP contribution < -0.4 is 5.32 Å². The molecule has 1 aliphatic carbocycles. The normalized spacial score (nSPS) is 22.7. The molecule has 1 aromatic heterocycles. The highest BCUT2D eigenvalue weighted by Gasteiger charge is 2.38. The molecular weight excluding hydrogens is 222 g/mol. The molecule has 3 heteroatoms. The van der Waals surface area contributed by atoms with Gasteiger partial charge in [-0.3, -0.25) is 4.98 Å². The molecule has 0 radical (unpaired) electrons. The lowest BCUT2D eigenvalue weighted by atomic mass is 9.63. The number of nitrogens with one attached hydrogen (secondary N) is 1. The van der Waals surface area contributed by atoms with Gasteiger partial charge in [0.1, 0.15) is 5.82 Å². The Labute approximate surface area is 110 Å². The Morgan fingerprint density at radius 3 is 2.17 bits per heavy atom. The quantitative estimate of drug-likeness (QED) is 0.863. The van der Waals surface area contributed by atoms with E-state index >= 15 is 0 Å². The van der Waals surface area contributed by atoms with Crippen molar-refractivity contribution in [3.05, 3.63) is 18.1 Å². The zero-order valence-corrected chi connectivity index (χ0v) is 12.2. The first-order chi connectivity index (χ1) is 8.27. The monoisotopic (exact) mass is 247 g/mol. The fourth-order valence-corrected chi connectivity index (χ4v) is 3.69. The van der Waals surface area contributed by atoms with E-state index in [0.717, 1.165) is 11.5 Å². The second kappa shape index (κ2) is 4.52. The maximum Gasteiger partial charge on any atom is 0.147 e. The fraction of sp³-hybridized carbons (Fsp3) is 0.733. The van der Waals surface area contributed by atoms with Gasteiger partial charge in [0, 0.05) is 18.4 Å². The van der Waals surface area contributed by atoms with Crippen molar-refractivity contribution in [3.63, 3.8) is 0 Å². The molecule has 0 saturated heterocycles. The van der Waals surface area contributed by atoms with E-state index < -0.39 is 0 Å². The summed E-state index contributed by atoms with van der Waals surface area (Å²) in [6.07, 6.45) is 7.19. The van der Waals surface area contributed by atoms with Crippen molar-refractivity contribution in [2.45, 2.75) is 59.9 Å². The minimum atomic E-state index is 0.398. The number of aryl methyl sites for hydroxylation is 1. The van der Waals surface area contributed by atoms with Gasteiger partial charge in [-0.15, -0.1) is 0 Å². The van der Waals surface area contributed by atoms with Crippen molar-refractivity contribution < 1.29 is 0 Å². The molecule has 0 spiro atoms. The average Bonchev–Trinajstić information content (AvgIpc) is 2.16. The van der Waals surface area contributed by atoms with E-state index in [1.54, 1.807) is 12.4 Å². The standard InChI is InChI=1S/C15H25N3/c1-11-13(17-7-6-16-11)18-12-8-14(2,3)10-15(4,5)9-12/h6-7,12H,8-10H2,1-5H3,(H,17,18). The van der Waals surface area contributed by atoms with Crippen LogP contribution in [0.1, 0.15) is 52.7 Å². The van der Waals surface area contributed by atoms with Crippen LogP contribution in [-0.2, 0) is 0 Å². The highest BCUT2D eigenvalue weighted by Crippen LogP contribution is 2.46. The largest absolute Gasteiger partial charge is 0.366 e. The Hall–Kier alpha value is -1.12. The lowest BCUT2D eigenvalue weighted by Gasteiger charge is -2.45. The van der Waals surface area contributed by atoms with Gasteiger partial charge in [-0.1, -0.05) is 27.7 Å². The third-order valence-electron chi connectivity index (χ3n) is 3.78. The van der Waals surface area contributed by atoms with E-state index in [9.17, 15) is 0 Å². The molecule has 18 heavy (non-hydrogen) atoms. The summed E-state index contributed by atoms with van der Waals surface area (Å²) >= 11 is 0. The molecule has 3 nitrogen and oxygen atoms in total. The van der Waals surface area contributed by atoms with Gasteiger partial charge in [0.15, 0.2) is 0 Å². The van der Waals surface area contributed by atoms with Crippen LogP contribution in [0.4, 0.5) is 5.82 Å². The molecule has 1 saturated carbocycles. The molecule has 1 N–H and O–H groups in total. The smallest absolute Gasteiger partial charge is 0.147 e. The van der Waals surface area contributed by atoms with Gasteiger partial charge in [0.25, 0.3) is 0 Å². The average molecular weight is 247 g/mol. The molecule has 0 amide bonds. The summed E-state index contributed by atoms with van der Waals surface area (Å²) in [5.74, 6) is 0.941. The van der Waals surface area contributed by atoms with Gasteiger partial charge >= 0.3 is 0 Å². The third-order valence-corrected chi connectivity index (χ3v) is 3.78. The molecule has 0 aliphatic heterocycles. The molecule has 0 bridgehead atoms. The Bertz CT molecular complexity index is 408. The van der Waals surface area contributed by atoms with Crippen LogP contribution in [0.15, 0.2) is 12.4 Å². The first-order valence-corrected chi connectivity index (χ1v) is 6.82. The molecule has 100 valence electrons. The van der Waals surface area contributed by atoms with Crippen LogP contribution in [0.25, 0.3) is 0 Å².